The van der Waals surface area contributed by atoms with Gasteiger partial charge in [-0.2, -0.15) is 0 Å². The number of benzene rings is 1. The van der Waals surface area contributed by atoms with Gasteiger partial charge in [-0.05, 0) is 24.6 Å². The Labute approximate surface area is 103 Å². The van der Waals surface area contributed by atoms with E-state index in [1.807, 2.05) is 25.1 Å². The molecule has 0 atom stereocenters. The first-order valence-electron chi connectivity index (χ1n) is 4.85. The molecule has 0 aliphatic carbocycles. The lowest BCUT2D eigenvalue weighted by molar-refractivity contribution is -0.00699. The molecule has 82 valence electrons. The van der Waals surface area contributed by atoms with E-state index in [-0.39, 0.29) is 4.32 Å². The molecule has 1 aliphatic heterocycles. The molecule has 0 bridgehead atoms. The third-order valence-electron chi connectivity index (χ3n) is 2.41. The van der Waals surface area contributed by atoms with Crippen molar-refractivity contribution < 1.29 is 9.47 Å². The van der Waals surface area contributed by atoms with E-state index in [4.69, 9.17) is 21.1 Å². The fourth-order valence-electron chi connectivity index (χ4n) is 1.50. The van der Waals surface area contributed by atoms with Crippen LogP contribution < -0.4 is 4.74 Å². The van der Waals surface area contributed by atoms with Crippen LogP contribution in [-0.4, -0.2) is 19.8 Å². The molecule has 0 saturated carbocycles. The summed E-state index contributed by atoms with van der Waals surface area (Å²) in [5.74, 6) is 0.735. The maximum absolute atomic E-state index is 6.11. The monoisotopic (exact) mass is 290 g/mol. The van der Waals surface area contributed by atoms with E-state index >= 15 is 0 Å². The summed E-state index contributed by atoms with van der Waals surface area (Å²) < 4.78 is 10.5. The van der Waals surface area contributed by atoms with Crippen molar-refractivity contribution in [2.24, 2.45) is 0 Å². The Morgan fingerprint density at radius 1 is 1.53 bits per heavy atom. The molecule has 15 heavy (non-hydrogen) atoms. The Kier molecular flexibility index (Phi) is 3.24. The van der Waals surface area contributed by atoms with E-state index in [0.29, 0.717) is 24.8 Å². The lowest BCUT2D eigenvalue weighted by Gasteiger charge is -2.36. The summed E-state index contributed by atoms with van der Waals surface area (Å²) in [4.78, 5) is 0. The van der Waals surface area contributed by atoms with Crippen LogP contribution in [-0.2, 0) is 9.06 Å². The number of halogens is 2. The average Bonchev–Trinajstić information content (AvgIpc) is 2.18. The minimum atomic E-state index is -0.0542. The van der Waals surface area contributed by atoms with Gasteiger partial charge in [0.05, 0.1) is 29.2 Å². The Balaban J connectivity index is 2.25. The van der Waals surface area contributed by atoms with Crippen molar-refractivity contribution >= 4 is 27.5 Å². The lowest BCUT2D eigenvalue weighted by Crippen LogP contribution is -2.40. The van der Waals surface area contributed by atoms with E-state index < -0.39 is 0 Å². The number of rotatable bonds is 3. The molecule has 2 rings (SSSR count). The van der Waals surface area contributed by atoms with Gasteiger partial charge in [0, 0.05) is 0 Å². The number of hydrogen-bond acceptors (Lipinski definition) is 2. The summed E-state index contributed by atoms with van der Waals surface area (Å²) in [7, 11) is 0. The van der Waals surface area contributed by atoms with Gasteiger partial charge in [-0.3, -0.25) is 0 Å². The Hall–Kier alpha value is -0.250. The topological polar surface area (TPSA) is 18.5 Å². The maximum Gasteiger partial charge on any atom is 0.137 e. The van der Waals surface area contributed by atoms with Gasteiger partial charge in [-0.25, -0.2) is 0 Å². The molecule has 1 heterocycles. The van der Waals surface area contributed by atoms with Gasteiger partial charge in [0.25, 0.3) is 0 Å². The molecule has 0 amide bonds. The van der Waals surface area contributed by atoms with Crippen molar-refractivity contribution in [3.8, 4) is 5.75 Å². The summed E-state index contributed by atoms with van der Waals surface area (Å²) >= 11 is 9.76. The highest BCUT2D eigenvalue weighted by Gasteiger charge is 2.37. The van der Waals surface area contributed by atoms with Crippen LogP contribution >= 0.6 is 27.5 Å². The molecular weight excluding hydrogens is 279 g/mol. The summed E-state index contributed by atoms with van der Waals surface area (Å²) in [5, 5.41) is 0.653. The zero-order valence-corrected chi connectivity index (χ0v) is 10.8. The van der Waals surface area contributed by atoms with Crippen LogP contribution in [0.15, 0.2) is 18.2 Å². The fourth-order valence-corrected chi connectivity index (χ4v) is 2.31. The number of ether oxygens (including phenoxy) is 2. The van der Waals surface area contributed by atoms with Gasteiger partial charge in [0.15, 0.2) is 0 Å². The zero-order chi connectivity index (χ0) is 10.9. The first kappa shape index (κ1) is 11.2. The second-order valence-corrected chi connectivity index (χ2v) is 5.46. The van der Waals surface area contributed by atoms with Gasteiger partial charge in [-0.15, -0.1) is 0 Å². The molecule has 0 N–H and O–H groups in total. The smallest absolute Gasteiger partial charge is 0.137 e. The molecule has 1 saturated heterocycles. The third kappa shape index (κ3) is 2.14. The molecule has 0 unspecified atom stereocenters. The predicted molar refractivity (Wildman–Crippen MR) is 64.0 cm³/mol. The summed E-state index contributed by atoms with van der Waals surface area (Å²) in [5.41, 5.74) is 1.14. The normalized spacial score (nSPS) is 18.3. The molecule has 0 spiro atoms. The van der Waals surface area contributed by atoms with Crippen molar-refractivity contribution in [1.29, 1.82) is 0 Å². The highest BCUT2D eigenvalue weighted by atomic mass is 79.9. The minimum absolute atomic E-state index is 0.0542. The van der Waals surface area contributed by atoms with Gasteiger partial charge >= 0.3 is 0 Å². The molecule has 1 aromatic carbocycles. The molecule has 0 radical (unpaired) electrons. The zero-order valence-electron chi connectivity index (χ0n) is 8.43. The van der Waals surface area contributed by atoms with Crippen molar-refractivity contribution in [2.45, 2.75) is 11.2 Å². The molecular formula is C11H12BrClO2. The van der Waals surface area contributed by atoms with Crippen LogP contribution in [0.4, 0.5) is 0 Å². The first-order valence-corrected chi connectivity index (χ1v) is 6.02. The molecule has 2 nitrogen and oxygen atoms in total. The molecule has 4 heteroatoms. The summed E-state index contributed by atoms with van der Waals surface area (Å²) in [6.07, 6.45) is 0. The van der Waals surface area contributed by atoms with Crippen LogP contribution in [0.25, 0.3) is 0 Å². The number of alkyl halides is 1. The molecule has 1 aromatic rings. The van der Waals surface area contributed by atoms with Crippen molar-refractivity contribution in [3.05, 3.63) is 28.8 Å². The molecule has 1 aliphatic rings. The second kappa shape index (κ2) is 4.32. The van der Waals surface area contributed by atoms with E-state index in [1.54, 1.807) is 0 Å². The molecule has 1 fully saturated rings. The van der Waals surface area contributed by atoms with E-state index in [9.17, 15) is 0 Å². The fraction of sp³-hybridized carbons (Fsp3) is 0.455. The van der Waals surface area contributed by atoms with E-state index in [1.165, 1.54) is 0 Å². The van der Waals surface area contributed by atoms with E-state index in [2.05, 4.69) is 15.9 Å². The summed E-state index contributed by atoms with van der Waals surface area (Å²) in [6, 6.07) is 5.86. The third-order valence-corrected chi connectivity index (χ3v) is 3.62. The minimum Gasteiger partial charge on any atom is -0.492 e. The highest BCUT2D eigenvalue weighted by Crippen LogP contribution is 2.40. The average molecular weight is 292 g/mol. The Morgan fingerprint density at radius 2 is 2.27 bits per heavy atom. The Bertz CT molecular complexity index is 364. The SMILES string of the molecule is CCOc1ccc(C2(Br)COC2)cc1Cl. The number of hydrogen-bond donors (Lipinski definition) is 0. The summed E-state index contributed by atoms with van der Waals surface area (Å²) in [6.45, 7) is 3.95. The first-order chi connectivity index (χ1) is 7.15. The van der Waals surface area contributed by atoms with Crippen LogP contribution in [0.5, 0.6) is 5.75 Å². The van der Waals surface area contributed by atoms with Crippen LogP contribution in [0.2, 0.25) is 5.02 Å². The predicted octanol–water partition coefficient (Wildman–Crippen LogP) is 3.36. The Morgan fingerprint density at radius 3 is 2.73 bits per heavy atom. The van der Waals surface area contributed by atoms with Crippen LogP contribution in [0, 0.1) is 0 Å². The second-order valence-electron chi connectivity index (χ2n) is 3.54. The van der Waals surface area contributed by atoms with Crippen molar-refractivity contribution in [3.63, 3.8) is 0 Å². The van der Waals surface area contributed by atoms with Gasteiger partial charge < -0.3 is 9.47 Å². The molecule has 0 aromatic heterocycles. The van der Waals surface area contributed by atoms with Gasteiger partial charge in [0.1, 0.15) is 5.75 Å². The quantitative estimate of drug-likeness (QED) is 0.795. The maximum atomic E-state index is 6.11. The van der Waals surface area contributed by atoms with E-state index in [0.717, 1.165) is 11.3 Å². The van der Waals surface area contributed by atoms with Gasteiger partial charge in [-0.1, -0.05) is 33.6 Å². The lowest BCUT2D eigenvalue weighted by atomic mass is 9.97. The standard InChI is InChI=1S/C11H12BrClO2/c1-2-15-10-4-3-8(5-9(10)13)11(12)6-14-7-11/h3-5H,2,6-7H2,1H3. The highest BCUT2D eigenvalue weighted by molar-refractivity contribution is 9.09. The van der Waals surface area contributed by atoms with Crippen molar-refractivity contribution in [1.82, 2.24) is 0 Å². The largest absolute Gasteiger partial charge is 0.492 e. The van der Waals surface area contributed by atoms with Crippen LogP contribution in [0.3, 0.4) is 0 Å². The van der Waals surface area contributed by atoms with Gasteiger partial charge in [0.2, 0.25) is 0 Å². The van der Waals surface area contributed by atoms with Crippen molar-refractivity contribution in [2.75, 3.05) is 19.8 Å². The van der Waals surface area contributed by atoms with Crippen LogP contribution in [0.1, 0.15) is 12.5 Å².